The number of hydrogen-bond donors (Lipinski definition) is 1. The second-order valence-electron chi connectivity index (χ2n) is 10.3. The standard InChI is InChI=1S/C26H29ClN4O4S/c1-25(23(32)28-2)15-26(16-25)18-7-4-5-8-20(18)31(24(26)33)14-22-29-19-13-17(27)9-10-21(19)30(22)11-6-12-36(3,34)35/h4-5,7-10,13H,6,11-12,14-16H2,1-3H3,(H,28,32). The summed E-state index contributed by atoms with van der Waals surface area (Å²) in [6.45, 7) is 2.59. The first-order valence-electron chi connectivity index (χ1n) is 11.9. The Hall–Kier alpha value is -2.91. The summed E-state index contributed by atoms with van der Waals surface area (Å²) in [6.07, 6.45) is 2.56. The van der Waals surface area contributed by atoms with E-state index in [9.17, 15) is 18.0 Å². The lowest BCUT2D eigenvalue weighted by atomic mass is 9.51. The zero-order chi connectivity index (χ0) is 25.9. The molecule has 3 aromatic rings. The molecule has 0 atom stereocenters. The topological polar surface area (TPSA) is 101 Å². The van der Waals surface area contributed by atoms with Gasteiger partial charge in [-0.3, -0.25) is 9.59 Å². The maximum atomic E-state index is 14.0. The van der Waals surface area contributed by atoms with E-state index in [0.717, 1.165) is 16.8 Å². The second-order valence-corrected chi connectivity index (χ2v) is 13.0. The Balaban J connectivity index is 1.51. The van der Waals surface area contributed by atoms with Crippen LogP contribution in [-0.2, 0) is 37.9 Å². The minimum Gasteiger partial charge on any atom is -0.359 e. The zero-order valence-corrected chi connectivity index (χ0v) is 22.1. The van der Waals surface area contributed by atoms with Crippen LogP contribution >= 0.6 is 11.6 Å². The highest BCUT2D eigenvalue weighted by molar-refractivity contribution is 7.90. The molecule has 1 aromatic heterocycles. The highest BCUT2D eigenvalue weighted by Gasteiger charge is 2.65. The van der Waals surface area contributed by atoms with E-state index in [1.165, 1.54) is 6.26 Å². The van der Waals surface area contributed by atoms with Crippen molar-refractivity contribution in [3.63, 3.8) is 0 Å². The fourth-order valence-electron chi connectivity index (χ4n) is 5.99. The number of carbonyl (C=O) groups is 2. The molecule has 1 fully saturated rings. The average molecular weight is 529 g/mol. The fourth-order valence-corrected chi connectivity index (χ4v) is 6.81. The van der Waals surface area contributed by atoms with Gasteiger partial charge in [0, 0.05) is 36.0 Å². The van der Waals surface area contributed by atoms with E-state index in [-0.39, 0.29) is 24.1 Å². The predicted octanol–water partition coefficient (Wildman–Crippen LogP) is 3.46. The molecule has 2 aromatic carbocycles. The van der Waals surface area contributed by atoms with Crippen LogP contribution in [0.2, 0.25) is 5.02 Å². The van der Waals surface area contributed by atoms with Crippen LogP contribution in [-0.4, -0.2) is 48.8 Å². The summed E-state index contributed by atoms with van der Waals surface area (Å²) in [6, 6.07) is 13.2. The molecular weight excluding hydrogens is 500 g/mol. The first-order valence-corrected chi connectivity index (χ1v) is 14.4. The summed E-state index contributed by atoms with van der Waals surface area (Å²) < 4.78 is 25.4. The molecule has 0 saturated heterocycles. The first kappa shape index (κ1) is 24.8. The molecule has 5 rings (SSSR count). The molecule has 2 heterocycles. The number of rotatable bonds is 7. The number of imidazole rings is 1. The van der Waals surface area contributed by atoms with Gasteiger partial charge >= 0.3 is 0 Å². The molecule has 0 bridgehead atoms. The summed E-state index contributed by atoms with van der Waals surface area (Å²) in [7, 11) is -1.48. The van der Waals surface area contributed by atoms with E-state index in [4.69, 9.17) is 16.6 Å². The number of halogens is 1. The molecule has 190 valence electrons. The molecular formula is C26H29ClN4O4S. The van der Waals surface area contributed by atoms with Crippen molar-refractivity contribution in [2.45, 2.75) is 44.7 Å². The highest BCUT2D eigenvalue weighted by atomic mass is 35.5. The van der Waals surface area contributed by atoms with Gasteiger partial charge in [-0.05, 0) is 49.1 Å². The molecule has 8 nitrogen and oxygen atoms in total. The third-order valence-corrected chi connectivity index (χ3v) is 8.78. The summed E-state index contributed by atoms with van der Waals surface area (Å²) in [5, 5.41) is 3.28. The zero-order valence-electron chi connectivity index (χ0n) is 20.5. The highest BCUT2D eigenvalue weighted by Crippen LogP contribution is 2.61. The van der Waals surface area contributed by atoms with Crippen molar-refractivity contribution in [3.05, 3.63) is 58.9 Å². The third-order valence-electron chi connectivity index (χ3n) is 7.51. The summed E-state index contributed by atoms with van der Waals surface area (Å²) in [5.41, 5.74) is 1.99. The van der Waals surface area contributed by atoms with Gasteiger partial charge in [0.05, 0.1) is 28.7 Å². The monoisotopic (exact) mass is 528 g/mol. The predicted molar refractivity (Wildman–Crippen MR) is 140 cm³/mol. The Kier molecular flexibility index (Phi) is 5.91. The van der Waals surface area contributed by atoms with E-state index in [1.807, 2.05) is 41.8 Å². The molecule has 1 spiro atoms. The minimum absolute atomic E-state index is 0.0298. The Morgan fingerprint density at radius 2 is 1.92 bits per heavy atom. The van der Waals surface area contributed by atoms with Crippen molar-refractivity contribution in [1.82, 2.24) is 14.9 Å². The van der Waals surface area contributed by atoms with Crippen molar-refractivity contribution in [2.24, 2.45) is 5.41 Å². The van der Waals surface area contributed by atoms with Gasteiger partial charge in [-0.1, -0.05) is 36.7 Å². The van der Waals surface area contributed by atoms with E-state index < -0.39 is 20.7 Å². The van der Waals surface area contributed by atoms with Gasteiger partial charge in [-0.15, -0.1) is 0 Å². The first-order chi connectivity index (χ1) is 17.0. The van der Waals surface area contributed by atoms with Gasteiger partial charge in [0.1, 0.15) is 15.7 Å². The van der Waals surface area contributed by atoms with Crippen LogP contribution in [0, 0.1) is 5.41 Å². The Bertz CT molecular complexity index is 1490. The van der Waals surface area contributed by atoms with Gasteiger partial charge < -0.3 is 14.8 Å². The number of sulfone groups is 1. The molecule has 1 aliphatic carbocycles. The molecule has 2 amide bonds. The van der Waals surface area contributed by atoms with Crippen LogP contribution in [0.4, 0.5) is 5.69 Å². The van der Waals surface area contributed by atoms with E-state index in [0.29, 0.717) is 42.2 Å². The number of aryl methyl sites for hydroxylation is 1. The van der Waals surface area contributed by atoms with Crippen LogP contribution in [0.15, 0.2) is 42.5 Å². The minimum atomic E-state index is -3.10. The van der Waals surface area contributed by atoms with Gasteiger partial charge in [-0.2, -0.15) is 0 Å². The molecule has 1 N–H and O–H groups in total. The molecule has 0 radical (unpaired) electrons. The summed E-state index contributed by atoms with van der Waals surface area (Å²) in [4.78, 5) is 33.0. The number of anilines is 1. The van der Waals surface area contributed by atoms with Crippen molar-refractivity contribution in [2.75, 3.05) is 24.0 Å². The van der Waals surface area contributed by atoms with Crippen molar-refractivity contribution in [1.29, 1.82) is 0 Å². The lowest BCUT2D eigenvalue weighted by molar-refractivity contribution is -0.145. The Labute approximate surface area is 215 Å². The van der Waals surface area contributed by atoms with Gasteiger partial charge in [-0.25, -0.2) is 13.4 Å². The van der Waals surface area contributed by atoms with Gasteiger partial charge in [0.2, 0.25) is 11.8 Å². The molecule has 2 aliphatic rings. The van der Waals surface area contributed by atoms with Crippen LogP contribution in [0.3, 0.4) is 0 Å². The van der Waals surface area contributed by atoms with Crippen LogP contribution in [0.5, 0.6) is 0 Å². The number of fused-ring (bicyclic) bond motifs is 3. The maximum Gasteiger partial charge on any atom is 0.238 e. The van der Waals surface area contributed by atoms with E-state index in [2.05, 4.69) is 5.32 Å². The summed E-state index contributed by atoms with van der Waals surface area (Å²) in [5.74, 6) is 0.639. The van der Waals surface area contributed by atoms with Crippen molar-refractivity contribution >= 4 is 50.0 Å². The number of nitrogens with zero attached hydrogens (tertiary/aromatic N) is 3. The molecule has 36 heavy (non-hydrogen) atoms. The summed E-state index contributed by atoms with van der Waals surface area (Å²) >= 11 is 6.21. The van der Waals surface area contributed by atoms with Crippen molar-refractivity contribution < 1.29 is 18.0 Å². The average Bonchev–Trinajstić information content (AvgIpc) is 3.25. The van der Waals surface area contributed by atoms with Crippen LogP contribution in [0.25, 0.3) is 11.0 Å². The largest absolute Gasteiger partial charge is 0.359 e. The maximum absolute atomic E-state index is 14.0. The number of benzene rings is 2. The second kappa shape index (κ2) is 8.59. The number of aromatic nitrogens is 2. The quantitative estimate of drug-likeness (QED) is 0.506. The number of hydrogen-bond acceptors (Lipinski definition) is 5. The molecule has 0 unspecified atom stereocenters. The number of para-hydroxylation sites is 1. The SMILES string of the molecule is CNC(=O)C1(C)CC2(C1)C(=O)N(Cc1nc3cc(Cl)ccc3n1CCCS(C)(=O)=O)c1ccccc12. The molecule has 1 aliphatic heterocycles. The Morgan fingerprint density at radius 3 is 2.61 bits per heavy atom. The van der Waals surface area contributed by atoms with Crippen molar-refractivity contribution in [3.8, 4) is 0 Å². The lowest BCUT2D eigenvalue weighted by Gasteiger charge is -2.50. The van der Waals surface area contributed by atoms with E-state index in [1.54, 1.807) is 24.1 Å². The fraction of sp³-hybridized carbons (Fsp3) is 0.423. The van der Waals surface area contributed by atoms with Gasteiger partial charge in [0.15, 0.2) is 0 Å². The lowest BCUT2D eigenvalue weighted by Crippen LogP contribution is -2.59. The third kappa shape index (κ3) is 3.98. The van der Waals surface area contributed by atoms with Crippen LogP contribution < -0.4 is 10.2 Å². The molecule has 10 heteroatoms. The number of nitrogens with one attached hydrogen (secondary N) is 1. The van der Waals surface area contributed by atoms with E-state index >= 15 is 0 Å². The Morgan fingerprint density at radius 1 is 1.19 bits per heavy atom. The molecule has 1 saturated carbocycles. The normalized spacial score (nSPS) is 23.2. The number of amides is 2. The van der Waals surface area contributed by atoms with Crippen LogP contribution in [0.1, 0.15) is 37.6 Å². The van der Waals surface area contributed by atoms with Gasteiger partial charge in [0.25, 0.3) is 0 Å². The smallest absolute Gasteiger partial charge is 0.238 e. The number of carbonyl (C=O) groups excluding carboxylic acids is 2.